The summed E-state index contributed by atoms with van der Waals surface area (Å²) in [7, 11) is 2.01. The van der Waals surface area contributed by atoms with Gasteiger partial charge in [0.1, 0.15) is 17.4 Å². The highest BCUT2D eigenvalue weighted by molar-refractivity contribution is 6.31. The lowest BCUT2D eigenvalue weighted by atomic mass is 10.2. The number of hydrogen-bond acceptors (Lipinski definition) is 6. The highest BCUT2D eigenvalue weighted by Gasteiger charge is 2.29. The number of likely N-dealkylation sites (N-methyl/N-ethyl adjacent to an activating group) is 1. The van der Waals surface area contributed by atoms with E-state index in [0.717, 1.165) is 18.7 Å². The van der Waals surface area contributed by atoms with Crippen LogP contribution in [-0.4, -0.2) is 72.5 Å². The number of nitrogens with one attached hydrogen (secondary N) is 1. The van der Waals surface area contributed by atoms with E-state index in [-0.39, 0.29) is 30.6 Å². The van der Waals surface area contributed by atoms with Gasteiger partial charge in [-0.05, 0) is 55.1 Å². The highest BCUT2D eigenvalue weighted by Crippen LogP contribution is 2.24. The van der Waals surface area contributed by atoms with Crippen molar-refractivity contribution < 1.29 is 19.1 Å². The summed E-state index contributed by atoms with van der Waals surface area (Å²) in [4.78, 5) is 34.9. The van der Waals surface area contributed by atoms with Crippen molar-refractivity contribution in [1.82, 2.24) is 20.1 Å². The molecular weight excluding hydrogens is 515 g/mol. The topological polar surface area (TPSA) is 84.0 Å². The van der Waals surface area contributed by atoms with Gasteiger partial charge in [-0.2, -0.15) is 0 Å². The zero-order chi connectivity index (χ0) is 26.2. The molecule has 2 aromatic carbocycles. The zero-order valence-corrected chi connectivity index (χ0v) is 21.9. The molecule has 1 N–H and O–H groups in total. The van der Waals surface area contributed by atoms with Crippen LogP contribution >= 0.6 is 23.2 Å². The van der Waals surface area contributed by atoms with Gasteiger partial charge in [0, 0.05) is 42.4 Å². The SMILES string of the molecule is CN1CCN(C(=O)C(COCc2ccccc2Cl)NC(=O)c2cccnc2Oc2ccc(Cl)cc2)CC1. The fraction of sp³-hybridized carbons (Fsp3) is 0.296. The van der Waals surface area contributed by atoms with E-state index in [1.54, 1.807) is 47.4 Å². The van der Waals surface area contributed by atoms with Crippen LogP contribution in [0.25, 0.3) is 0 Å². The highest BCUT2D eigenvalue weighted by atomic mass is 35.5. The standard InChI is InChI=1S/C27H28Cl2N4O4/c1-32-13-15-33(16-14-32)27(35)24(18-36-17-19-5-2-3-7-23(19)29)31-25(34)22-6-4-12-30-26(22)37-21-10-8-20(28)9-11-21/h2-12,24H,13-18H2,1H3,(H,31,34). The maximum Gasteiger partial charge on any atom is 0.257 e. The molecular formula is C27H28Cl2N4O4. The van der Waals surface area contributed by atoms with Crippen molar-refractivity contribution in [2.75, 3.05) is 39.8 Å². The third-order valence-corrected chi connectivity index (χ3v) is 6.58. The van der Waals surface area contributed by atoms with E-state index in [2.05, 4.69) is 15.2 Å². The lowest BCUT2D eigenvalue weighted by Crippen LogP contribution is -2.55. The van der Waals surface area contributed by atoms with Gasteiger partial charge in [-0.1, -0.05) is 41.4 Å². The molecule has 0 bridgehead atoms. The smallest absolute Gasteiger partial charge is 0.257 e. The number of amides is 2. The van der Waals surface area contributed by atoms with E-state index >= 15 is 0 Å². The molecule has 194 valence electrons. The number of benzene rings is 2. The molecule has 2 heterocycles. The van der Waals surface area contributed by atoms with Crippen molar-refractivity contribution in [1.29, 1.82) is 0 Å². The second-order valence-electron chi connectivity index (χ2n) is 8.67. The molecule has 1 saturated heterocycles. The van der Waals surface area contributed by atoms with Gasteiger partial charge in [0.25, 0.3) is 5.91 Å². The van der Waals surface area contributed by atoms with Crippen LogP contribution in [0, 0.1) is 0 Å². The number of hydrogen-bond donors (Lipinski definition) is 1. The number of carbonyl (C=O) groups is 2. The normalized spacial score (nSPS) is 14.7. The Hall–Kier alpha value is -3.17. The maximum atomic E-state index is 13.4. The van der Waals surface area contributed by atoms with E-state index in [1.165, 1.54) is 6.20 Å². The molecule has 1 aliphatic heterocycles. The van der Waals surface area contributed by atoms with E-state index in [4.69, 9.17) is 32.7 Å². The van der Waals surface area contributed by atoms with Gasteiger partial charge < -0.3 is 24.6 Å². The predicted molar refractivity (Wildman–Crippen MR) is 142 cm³/mol. The summed E-state index contributed by atoms with van der Waals surface area (Å²) in [6, 6.07) is 16.4. The lowest BCUT2D eigenvalue weighted by molar-refractivity contribution is -0.136. The molecule has 0 aliphatic carbocycles. The van der Waals surface area contributed by atoms with E-state index in [1.807, 2.05) is 25.2 Å². The van der Waals surface area contributed by atoms with Crippen LogP contribution in [0.1, 0.15) is 15.9 Å². The molecule has 4 rings (SSSR count). The first-order valence-electron chi connectivity index (χ1n) is 11.9. The molecule has 0 radical (unpaired) electrons. The molecule has 1 unspecified atom stereocenters. The summed E-state index contributed by atoms with van der Waals surface area (Å²) in [5.41, 5.74) is 0.993. The van der Waals surface area contributed by atoms with E-state index < -0.39 is 11.9 Å². The lowest BCUT2D eigenvalue weighted by Gasteiger charge is -2.34. The Morgan fingerprint density at radius 2 is 1.73 bits per heavy atom. The van der Waals surface area contributed by atoms with Crippen molar-refractivity contribution in [2.24, 2.45) is 0 Å². The van der Waals surface area contributed by atoms with Crippen molar-refractivity contribution in [2.45, 2.75) is 12.6 Å². The van der Waals surface area contributed by atoms with Crippen LogP contribution in [-0.2, 0) is 16.1 Å². The van der Waals surface area contributed by atoms with Crippen LogP contribution < -0.4 is 10.1 Å². The monoisotopic (exact) mass is 542 g/mol. The molecule has 37 heavy (non-hydrogen) atoms. The number of aromatic nitrogens is 1. The quantitative estimate of drug-likeness (QED) is 0.434. The molecule has 2 amide bonds. The van der Waals surface area contributed by atoms with Crippen molar-refractivity contribution in [3.63, 3.8) is 0 Å². The van der Waals surface area contributed by atoms with Crippen molar-refractivity contribution in [3.8, 4) is 11.6 Å². The first-order valence-corrected chi connectivity index (χ1v) is 12.6. The Morgan fingerprint density at radius 3 is 2.46 bits per heavy atom. The number of carbonyl (C=O) groups excluding carboxylic acids is 2. The van der Waals surface area contributed by atoms with Gasteiger partial charge in [-0.3, -0.25) is 9.59 Å². The Balaban J connectivity index is 1.49. The summed E-state index contributed by atoms with van der Waals surface area (Å²) in [5, 5.41) is 3.97. The predicted octanol–water partition coefficient (Wildman–Crippen LogP) is 4.27. The fourth-order valence-corrected chi connectivity index (χ4v) is 4.14. The minimum atomic E-state index is -0.901. The van der Waals surface area contributed by atoms with Gasteiger partial charge in [-0.25, -0.2) is 4.98 Å². The largest absolute Gasteiger partial charge is 0.438 e. The number of piperazine rings is 1. The average molecular weight is 543 g/mol. The third-order valence-electron chi connectivity index (χ3n) is 5.96. The van der Waals surface area contributed by atoms with Gasteiger partial charge >= 0.3 is 0 Å². The first kappa shape index (κ1) is 26.9. The zero-order valence-electron chi connectivity index (χ0n) is 20.4. The summed E-state index contributed by atoms with van der Waals surface area (Å²) in [6.07, 6.45) is 1.53. The summed E-state index contributed by atoms with van der Waals surface area (Å²) >= 11 is 12.2. The van der Waals surface area contributed by atoms with Crippen molar-refractivity contribution in [3.05, 3.63) is 88.0 Å². The average Bonchev–Trinajstić information content (AvgIpc) is 2.91. The summed E-state index contributed by atoms with van der Waals surface area (Å²) in [5.74, 6) is -0.106. The minimum Gasteiger partial charge on any atom is -0.438 e. The van der Waals surface area contributed by atoms with Crippen molar-refractivity contribution >= 4 is 35.0 Å². The molecule has 0 spiro atoms. The van der Waals surface area contributed by atoms with Crippen LogP contribution in [0.2, 0.25) is 10.0 Å². The van der Waals surface area contributed by atoms with Gasteiger partial charge in [0.2, 0.25) is 11.8 Å². The fourth-order valence-electron chi connectivity index (χ4n) is 3.82. The number of rotatable bonds is 9. The number of halogens is 2. The number of ether oxygens (including phenoxy) is 2. The molecule has 1 fully saturated rings. The molecule has 0 saturated carbocycles. The van der Waals surface area contributed by atoms with Crippen LogP contribution in [0.5, 0.6) is 11.6 Å². The molecule has 3 aromatic rings. The molecule has 10 heteroatoms. The first-order chi connectivity index (χ1) is 17.9. The summed E-state index contributed by atoms with van der Waals surface area (Å²) in [6.45, 7) is 2.85. The Labute approximate surface area is 226 Å². The Kier molecular flexibility index (Phi) is 9.35. The Bertz CT molecular complexity index is 1220. The van der Waals surface area contributed by atoms with E-state index in [9.17, 15) is 9.59 Å². The summed E-state index contributed by atoms with van der Waals surface area (Å²) < 4.78 is 11.7. The minimum absolute atomic E-state index is 0.0181. The van der Waals surface area contributed by atoms with Crippen LogP contribution in [0.4, 0.5) is 0 Å². The second-order valence-corrected chi connectivity index (χ2v) is 9.52. The molecule has 1 atom stereocenters. The van der Waals surface area contributed by atoms with Crippen LogP contribution in [0.15, 0.2) is 66.9 Å². The number of nitrogens with zero attached hydrogens (tertiary/aromatic N) is 3. The third kappa shape index (κ3) is 7.42. The Morgan fingerprint density at radius 1 is 1.00 bits per heavy atom. The maximum absolute atomic E-state index is 13.4. The second kappa shape index (κ2) is 12.9. The molecule has 8 nitrogen and oxygen atoms in total. The molecule has 1 aromatic heterocycles. The van der Waals surface area contributed by atoms with Gasteiger partial charge in [0.05, 0.1) is 13.2 Å². The number of pyridine rings is 1. The van der Waals surface area contributed by atoms with Crippen LogP contribution in [0.3, 0.4) is 0 Å². The van der Waals surface area contributed by atoms with E-state index in [0.29, 0.717) is 28.9 Å². The van der Waals surface area contributed by atoms with Gasteiger partial charge in [-0.15, -0.1) is 0 Å². The van der Waals surface area contributed by atoms with Gasteiger partial charge in [0.15, 0.2) is 0 Å². The molecule has 1 aliphatic rings.